The van der Waals surface area contributed by atoms with Gasteiger partial charge in [-0.3, -0.25) is 4.79 Å². The van der Waals surface area contributed by atoms with E-state index in [4.69, 9.17) is 0 Å². The molecule has 1 amide bonds. The number of amides is 1. The summed E-state index contributed by atoms with van der Waals surface area (Å²) < 4.78 is 27.1. The molecule has 3 rings (SSSR count). The standard InChI is InChI=1S/C16H22N4O3S3/c1-2-3-7-13-18-19-16(25-13)17-15(21)12-6-4-9-20(11-12)26(22,23)14-8-5-10-24-14/h5,8,10,12H,2-4,6-7,9,11H2,1H3,(H,17,19,21). The van der Waals surface area contributed by atoms with Gasteiger partial charge in [-0.05, 0) is 30.7 Å². The van der Waals surface area contributed by atoms with Gasteiger partial charge in [0.15, 0.2) is 0 Å². The van der Waals surface area contributed by atoms with E-state index in [0.717, 1.165) is 24.3 Å². The van der Waals surface area contributed by atoms with E-state index in [0.29, 0.717) is 28.7 Å². The summed E-state index contributed by atoms with van der Waals surface area (Å²) in [5.41, 5.74) is 0. The van der Waals surface area contributed by atoms with Gasteiger partial charge in [-0.25, -0.2) is 8.42 Å². The van der Waals surface area contributed by atoms with Gasteiger partial charge < -0.3 is 5.32 Å². The lowest BCUT2D eigenvalue weighted by molar-refractivity contribution is -0.120. The van der Waals surface area contributed by atoms with Crippen molar-refractivity contribution in [1.82, 2.24) is 14.5 Å². The smallest absolute Gasteiger partial charge is 0.252 e. The lowest BCUT2D eigenvalue weighted by Gasteiger charge is -2.30. The molecule has 0 aromatic carbocycles. The molecule has 7 nitrogen and oxygen atoms in total. The number of hydrogen-bond acceptors (Lipinski definition) is 7. The van der Waals surface area contributed by atoms with Crippen LogP contribution in [0.15, 0.2) is 21.7 Å². The molecule has 0 radical (unpaired) electrons. The maximum absolute atomic E-state index is 12.7. The number of carbonyl (C=O) groups excluding carboxylic acids is 1. The Balaban J connectivity index is 1.62. The van der Waals surface area contributed by atoms with Crippen molar-refractivity contribution in [2.45, 2.75) is 43.2 Å². The molecule has 0 aliphatic carbocycles. The van der Waals surface area contributed by atoms with Crippen molar-refractivity contribution in [3.8, 4) is 0 Å². The number of rotatable bonds is 7. The molecule has 1 unspecified atom stereocenters. The second-order valence-electron chi connectivity index (χ2n) is 6.23. The maximum Gasteiger partial charge on any atom is 0.252 e. The van der Waals surface area contributed by atoms with Crippen LogP contribution in [-0.2, 0) is 21.2 Å². The largest absolute Gasteiger partial charge is 0.300 e. The Morgan fingerprint density at radius 3 is 3.00 bits per heavy atom. The van der Waals surface area contributed by atoms with Crippen molar-refractivity contribution in [3.05, 3.63) is 22.5 Å². The normalized spacial score (nSPS) is 18.7. The molecule has 1 N–H and O–H groups in total. The number of aryl methyl sites for hydroxylation is 1. The van der Waals surface area contributed by atoms with Crippen LogP contribution in [0.1, 0.15) is 37.6 Å². The zero-order chi connectivity index (χ0) is 18.6. The molecule has 1 aliphatic rings. The molecule has 0 saturated carbocycles. The molecule has 10 heteroatoms. The van der Waals surface area contributed by atoms with E-state index in [1.54, 1.807) is 17.5 Å². The summed E-state index contributed by atoms with van der Waals surface area (Å²) in [5, 5.41) is 14.0. The molecule has 1 saturated heterocycles. The highest BCUT2D eigenvalue weighted by molar-refractivity contribution is 7.91. The van der Waals surface area contributed by atoms with E-state index < -0.39 is 10.0 Å². The molecule has 1 atom stereocenters. The van der Waals surface area contributed by atoms with Crippen LogP contribution >= 0.6 is 22.7 Å². The van der Waals surface area contributed by atoms with Gasteiger partial charge in [0, 0.05) is 19.5 Å². The van der Waals surface area contributed by atoms with Gasteiger partial charge in [0.1, 0.15) is 9.22 Å². The number of anilines is 1. The van der Waals surface area contributed by atoms with Gasteiger partial charge in [0.05, 0.1) is 5.92 Å². The molecule has 1 fully saturated rings. The average Bonchev–Trinajstić information content (AvgIpc) is 3.32. The molecule has 142 valence electrons. The molecular weight excluding hydrogens is 392 g/mol. The third-order valence-corrected chi connectivity index (χ3v) is 8.42. The minimum atomic E-state index is -3.52. The van der Waals surface area contributed by atoms with Gasteiger partial charge in [-0.1, -0.05) is 30.7 Å². The van der Waals surface area contributed by atoms with Crippen LogP contribution in [-0.4, -0.2) is 41.9 Å². The van der Waals surface area contributed by atoms with E-state index in [1.165, 1.54) is 27.0 Å². The van der Waals surface area contributed by atoms with Crippen molar-refractivity contribution in [2.24, 2.45) is 5.92 Å². The molecule has 3 heterocycles. The molecule has 1 aliphatic heterocycles. The lowest BCUT2D eigenvalue weighted by atomic mass is 9.99. The fraction of sp³-hybridized carbons (Fsp3) is 0.562. The zero-order valence-electron chi connectivity index (χ0n) is 14.6. The number of sulfonamides is 1. The Hall–Kier alpha value is -1.36. The number of nitrogens with one attached hydrogen (secondary N) is 1. The molecular formula is C16H22N4O3S3. The highest BCUT2D eigenvalue weighted by Gasteiger charge is 2.34. The predicted octanol–water partition coefficient (Wildman–Crippen LogP) is 2.98. The van der Waals surface area contributed by atoms with E-state index in [1.807, 2.05) is 0 Å². The van der Waals surface area contributed by atoms with Crippen LogP contribution in [0.3, 0.4) is 0 Å². The van der Waals surface area contributed by atoms with Gasteiger partial charge in [-0.15, -0.1) is 21.5 Å². The monoisotopic (exact) mass is 414 g/mol. The second-order valence-corrected chi connectivity index (χ2v) is 10.4. The Morgan fingerprint density at radius 2 is 2.27 bits per heavy atom. The summed E-state index contributed by atoms with van der Waals surface area (Å²) in [4.78, 5) is 12.6. The van der Waals surface area contributed by atoms with Crippen molar-refractivity contribution in [2.75, 3.05) is 18.4 Å². The fourth-order valence-corrected chi connectivity index (χ4v) is 6.31. The predicted molar refractivity (Wildman–Crippen MR) is 103 cm³/mol. The number of aromatic nitrogens is 2. The maximum atomic E-state index is 12.7. The fourth-order valence-electron chi connectivity index (χ4n) is 2.85. The topological polar surface area (TPSA) is 92.3 Å². The number of piperidine rings is 1. The first-order valence-electron chi connectivity index (χ1n) is 8.67. The van der Waals surface area contributed by atoms with Crippen LogP contribution in [0.2, 0.25) is 0 Å². The SMILES string of the molecule is CCCCc1nnc(NC(=O)C2CCCN(S(=O)(=O)c3cccs3)C2)s1. The van der Waals surface area contributed by atoms with Crippen molar-refractivity contribution in [3.63, 3.8) is 0 Å². The van der Waals surface area contributed by atoms with Gasteiger partial charge in [-0.2, -0.15) is 4.31 Å². The lowest BCUT2D eigenvalue weighted by Crippen LogP contribution is -2.43. The third-order valence-electron chi connectivity index (χ3n) is 4.29. The number of nitrogens with zero attached hydrogens (tertiary/aromatic N) is 3. The molecule has 2 aromatic heterocycles. The summed E-state index contributed by atoms with van der Waals surface area (Å²) in [5.74, 6) is -0.559. The Bertz CT molecular complexity index is 833. The Morgan fingerprint density at radius 1 is 1.42 bits per heavy atom. The third kappa shape index (κ3) is 4.48. The Labute approximate surface area is 161 Å². The number of thiophene rings is 1. The minimum absolute atomic E-state index is 0.186. The van der Waals surface area contributed by atoms with Crippen LogP contribution in [0, 0.1) is 5.92 Å². The van der Waals surface area contributed by atoms with Crippen molar-refractivity contribution in [1.29, 1.82) is 0 Å². The van der Waals surface area contributed by atoms with E-state index >= 15 is 0 Å². The second kappa shape index (κ2) is 8.55. The van der Waals surface area contributed by atoms with Crippen LogP contribution in [0.4, 0.5) is 5.13 Å². The summed E-state index contributed by atoms with van der Waals surface area (Å²) in [7, 11) is -3.52. The summed E-state index contributed by atoms with van der Waals surface area (Å²) in [6.45, 7) is 2.76. The first kappa shape index (κ1) is 19.4. The summed E-state index contributed by atoms with van der Waals surface area (Å²) in [6.07, 6.45) is 4.32. The highest BCUT2D eigenvalue weighted by Crippen LogP contribution is 2.27. The summed E-state index contributed by atoms with van der Waals surface area (Å²) >= 11 is 2.58. The summed E-state index contributed by atoms with van der Waals surface area (Å²) in [6, 6.07) is 3.32. The molecule has 26 heavy (non-hydrogen) atoms. The van der Waals surface area contributed by atoms with E-state index in [-0.39, 0.29) is 18.4 Å². The first-order chi connectivity index (χ1) is 12.5. The Kier molecular flexibility index (Phi) is 6.38. The number of hydrogen-bond donors (Lipinski definition) is 1. The first-order valence-corrected chi connectivity index (χ1v) is 11.8. The average molecular weight is 415 g/mol. The zero-order valence-corrected chi connectivity index (χ0v) is 17.0. The molecule has 2 aromatic rings. The van der Waals surface area contributed by atoms with Crippen LogP contribution in [0.5, 0.6) is 0 Å². The van der Waals surface area contributed by atoms with Gasteiger partial charge in [0.2, 0.25) is 11.0 Å². The van der Waals surface area contributed by atoms with Gasteiger partial charge in [0.25, 0.3) is 10.0 Å². The van der Waals surface area contributed by atoms with E-state index in [9.17, 15) is 13.2 Å². The number of carbonyl (C=O) groups is 1. The van der Waals surface area contributed by atoms with Crippen LogP contribution < -0.4 is 5.32 Å². The highest BCUT2D eigenvalue weighted by atomic mass is 32.2. The molecule has 0 spiro atoms. The van der Waals surface area contributed by atoms with Crippen molar-refractivity contribution < 1.29 is 13.2 Å². The molecule has 0 bridgehead atoms. The number of unbranched alkanes of at least 4 members (excludes halogenated alkanes) is 1. The van der Waals surface area contributed by atoms with Crippen LogP contribution in [0.25, 0.3) is 0 Å². The van der Waals surface area contributed by atoms with Crippen molar-refractivity contribution >= 4 is 43.7 Å². The quantitative estimate of drug-likeness (QED) is 0.752. The van der Waals surface area contributed by atoms with Gasteiger partial charge >= 0.3 is 0 Å². The minimum Gasteiger partial charge on any atom is -0.300 e. The van der Waals surface area contributed by atoms with E-state index in [2.05, 4.69) is 22.4 Å².